The van der Waals surface area contributed by atoms with E-state index >= 15 is 0 Å². The zero-order valence-electron chi connectivity index (χ0n) is 16.3. The van der Waals surface area contributed by atoms with E-state index in [4.69, 9.17) is 19.9 Å². The average Bonchev–Trinajstić information content (AvgIpc) is 2.63. The number of aliphatic hydroxyl groups excluding tert-OH is 2. The van der Waals surface area contributed by atoms with E-state index in [1.165, 1.54) is 82.3 Å². The van der Waals surface area contributed by atoms with Crippen molar-refractivity contribution in [2.45, 2.75) is 90.4 Å². The second-order valence-corrected chi connectivity index (χ2v) is 6.46. The lowest BCUT2D eigenvalue weighted by Gasteiger charge is -2.17. The Morgan fingerprint density at radius 1 is 0.680 bits per heavy atom. The van der Waals surface area contributed by atoms with Crippen LogP contribution in [0.15, 0.2) is 12.3 Å². The number of allylic oxidation sites excluding steroid dienone is 1. The molecule has 0 aliphatic heterocycles. The van der Waals surface area contributed by atoms with Crippen LogP contribution < -0.4 is 0 Å². The third-order valence-electron chi connectivity index (χ3n) is 4.07. The summed E-state index contributed by atoms with van der Waals surface area (Å²) in [5.41, 5.74) is 0. The predicted octanol–water partition coefficient (Wildman–Crippen LogP) is 4.74. The molecule has 0 fully saturated rings. The Balaban J connectivity index is 3.39. The van der Waals surface area contributed by atoms with Crippen molar-refractivity contribution in [2.24, 2.45) is 0 Å². The molecule has 0 aliphatic carbocycles. The van der Waals surface area contributed by atoms with Crippen molar-refractivity contribution in [3.8, 4) is 0 Å². The number of hydrogen-bond acceptors (Lipinski definition) is 5. The van der Waals surface area contributed by atoms with Crippen LogP contribution in [0.2, 0.25) is 0 Å². The summed E-state index contributed by atoms with van der Waals surface area (Å²) in [6.45, 7) is 2.49. The molecule has 0 radical (unpaired) electrons. The highest BCUT2D eigenvalue weighted by atomic mass is 16.9. The van der Waals surface area contributed by atoms with Gasteiger partial charge in [-0.3, -0.25) is 0 Å². The van der Waals surface area contributed by atoms with Crippen LogP contribution in [0.3, 0.4) is 0 Å². The molecule has 0 saturated heterocycles. The van der Waals surface area contributed by atoms with Gasteiger partial charge in [-0.05, 0) is 12.8 Å². The summed E-state index contributed by atoms with van der Waals surface area (Å²) in [7, 11) is 0. The summed E-state index contributed by atoms with van der Waals surface area (Å²) in [6.07, 6.45) is 20.9. The van der Waals surface area contributed by atoms with Gasteiger partial charge in [0.15, 0.2) is 0 Å². The monoisotopic (exact) mass is 359 g/mol. The topological polar surface area (TPSA) is 62.2 Å². The zero-order chi connectivity index (χ0) is 18.4. The minimum Gasteiger partial charge on any atom is -0.394 e. The Morgan fingerprint density at radius 2 is 1.12 bits per heavy atom. The highest BCUT2D eigenvalue weighted by Gasteiger charge is 1.99. The van der Waals surface area contributed by atoms with E-state index in [0.29, 0.717) is 0 Å². The standard InChI is InChI=1S/C20H41NO4/c1-2-3-4-5-6-7-8-9-10-11-12-13-14-15-16-21(24-19-17-22)25-20-18-23/h15-16,22-23H,2-14,17-20H2,1H3. The van der Waals surface area contributed by atoms with E-state index in [0.717, 1.165) is 6.42 Å². The average molecular weight is 360 g/mol. The van der Waals surface area contributed by atoms with Crippen molar-refractivity contribution in [3.63, 3.8) is 0 Å². The van der Waals surface area contributed by atoms with Crippen molar-refractivity contribution in [3.05, 3.63) is 12.3 Å². The van der Waals surface area contributed by atoms with Crippen LogP contribution in [0.5, 0.6) is 0 Å². The molecule has 2 N–H and O–H groups in total. The highest BCUT2D eigenvalue weighted by molar-refractivity contribution is 4.76. The molecule has 0 spiro atoms. The summed E-state index contributed by atoms with van der Waals surface area (Å²) < 4.78 is 0. The normalized spacial score (nSPS) is 11.5. The Morgan fingerprint density at radius 3 is 1.56 bits per heavy atom. The summed E-state index contributed by atoms with van der Waals surface area (Å²) in [6, 6.07) is 0. The number of aliphatic hydroxyl groups is 2. The summed E-state index contributed by atoms with van der Waals surface area (Å²) >= 11 is 0. The molecule has 0 aromatic rings. The zero-order valence-corrected chi connectivity index (χ0v) is 16.3. The Kier molecular flexibility index (Phi) is 20.9. The Labute approximate surface area is 154 Å². The van der Waals surface area contributed by atoms with Gasteiger partial charge in [-0.25, -0.2) is 9.68 Å². The Hall–Kier alpha value is -0.620. The Bertz CT molecular complexity index is 266. The van der Waals surface area contributed by atoms with Crippen molar-refractivity contribution < 1.29 is 19.9 Å². The molecule has 0 amide bonds. The first-order chi connectivity index (χ1) is 12.3. The van der Waals surface area contributed by atoms with Crippen molar-refractivity contribution in [2.75, 3.05) is 26.4 Å². The van der Waals surface area contributed by atoms with Gasteiger partial charge in [0.2, 0.25) is 0 Å². The lowest BCUT2D eigenvalue weighted by Crippen LogP contribution is -2.22. The van der Waals surface area contributed by atoms with Crippen LogP contribution in [-0.2, 0) is 9.68 Å². The van der Waals surface area contributed by atoms with E-state index in [9.17, 15) is 0 Å². The van der Waals surface area contributed by atoms with Crippen LogP contribution in [0.25, 0.3) is 0 Å². The summed E-state index contributed by atoms with van der Waals surface area (Å²) in [5, 5.41) is 18.7. The minimum atomic E-state index is -0.0639. The fourth-order valence-electron chi connectivity index (χ4n) is 2.65. The fraction of sp³-hybridized carbons (Fsp3) is 0.900. The van der Waals surface area contributed by atoms with E-state index in [2.05, 4.69) is 6.92 Å². The molecule has 150 valence electrons. The third kappa shape index (κ3) is 19.6. The molecule has 0 aromatic carbocycles. The molecule has 25 heavy (non-hydrogen) atoms. The maximum atomic E-state index is 8.75. The van der Waals surface area contributed by atoms with E-state index in [1.807, 2.05) is 6.08 Å². The van der Waals surface area contributed by atoms with Crippen molar-refractivity contribution in [1.29, 1.82) is 0 Å². The van der Waals surface area contributed by atoms with Crippen molar-refractivity contribution >= 4 is 0 Å². The first-order valence-electron chi connectivity index (χ1n) is 10.3. The third-order valence-corrected chi connectivity index (χ3v) is 4.07. The number of nitrogens with zero attached hydrogens (tertiary/aromatic N) is 1. The first-order valence-corrected chi connectivity index (χ1v) is 10.3. The van der Waals surface area contributed by atoms with Gasteiger partial charge in [-0.2, -0.15) is 0 Å². The van der Waals surface area contributed by atoms with Crippen LogP contribution in [0, 0.1) is 0 Å². The fourth-order valence-corrected chi connectivity index (χ4v) is 2.65. The van der Waals surface area contributed by atoms with Crippen LogP contribution in [-0.4, -0.2) is 41.9 Å². The molecular weight excluding hydrogens is 318 g/mol. The molecule has 0 aliphatic rings. The van der Waals surface area contributed by atoms with E-state index in [-0.39, 0.29) is 26.4 Å². The van der Waals surface area contributed by atoms with Gasteiger partial charge in [-0.15, -0.1) is 5.23 Å². The number of rotatable bonds is 20. The highest BCUT2D eigenvalue weighted by Crippen LogP contribution is 2.12. The van der Waals surface area contributed by atoms with Gasteiger partial charge in [0.1, 0.15) is 13.2 Å². The maximum absolute atomic E-state index is 8.75. The smallest absolute Gasteiger partial charge is 0.101 e. The molecule has 0 saturated carbocycles. The number of hydrogen-bond donors (Lipinski definition) is 2. The maximum Gasteiger partial charge on any atom is 0.101 e. The van der Waals surface area contributed by atoms with Gasteiger partial charge < -0.3 is 10.2 Å². The number of unbranched alkanes of at least 4 members (excludes halogenated alkanes) is 12. The summed E-state index contributed by atoms with van der Waals surface area (Å²) in [4.78, 5) is 10.3. The number of hydroxylamine groups is 2. The lowest BCUT2D eigenvalue weighted by atomic mass is 10.0. The van der Waals surface area contributed by atoms with Gasteiger partial charge in [-0.1, -0.05) is 83.6 Å². The second kappa shape index (κ2) is 21.4. The second-order valence-electron chi connectivity index (χ2n) is 6.46. The van der Waals surface area contributed by atoms with Crippen LogP contribution >= 0.6 is 0 Å². The molecule has 5 nitrogen and oxygen atoms in total. The van der Waals surface area contributed by atoms with Crippen molar-refractivity contribution in [1.82, 2.24) is 5.23 Å². The molecular formula is C20H41NO4. The van der Waals surface area contributed by atoms with E-state index < -0.39 is 0 Å². The van der Waals surface area contributed by atoms with Gasteiger partial charge >= 0.3 is 0 Å². The molecule has 5 heteroatoms. The largest absolute Gasteiger partial charge is 0.394 e. The van der Waals surface area contributed by atoms with Gasteiger partial charge in [0.05, 0.1) is 19.4 Å². The van der Waals surface area contributed by atoms with Gasteiger partial charge in [0, 0.05) is 0 Å². The molecule has 0 rings (SSSR count). The van der Waals surface area contributed by atoms with Crippen LogP contribution in [0.1, 0.15) is 90.4 Å². The predicted molar refractivity (Wildman–Crippen MR) is 103 cm³/mol. The first kappa shape index (κ1) is 24.4. The molecule has 0 unspecified atom stereocenters. The lowest BCUT2D eigenvalue weighted by molar-refractivity contribution is -0.339. The minimum absolute atomic E-state index is 0.0639. The SMILES string of the molecule is CCCCCCCCCCCCCCC=CN(OCCO)OCCO. The van der Waals surface area contributed by atoms with E-state index in [1.54, 1.807) is 6.20 Å². The summed E-state index contributed by atoms with van der Waals surface area (Å²) in [5.74, 6) is 0. The molecule has 0 atom stereocenters. The molecule has 0 aromatic heterocycles. The molecule has 0 heterocycles. The molecule has 0 bridgehead atoms. The van der Waals surface area contributed by atoms with Crippen LogP contribution in [0.4, 0.5) is 0 Å². The van der Waals surface area contributed by atoms with Gasteiger partial charge in [0.25, 0.3) is 0 Å². The quantitative estimate of drug-likeness (QED) is 0.243.